The highest BCUT2D eigenvalue weighted by atomic mass is 19.1. The van der Waals surface area contributed by atoms with Crippen LogP contribution in [-0.2, 0) is 34.1 Å². The van der Waals surface area contributed by atoms with E-state index in [0.29, 0.717) is 48.3 Å². The monoisotopic (exact) mass is 992 g/mol. The van der Waals surface area contributed by atoms with Crippen molar-refractivity contribution in [1.82, 2.24) is 10.2 Å². The minimum Gasteiger partial charge on any atom is -0.459 e. The average molecular weight is 993 g/mol. The van der Waals surface area contributed by atoms with E-state index in [1.807, 2.05) is 66.7 Å². The molecule has 0 spiro atoms. The SMILES string of the molecule is C=CCO[C@@]12Oc3ccc(OC(=O)NCc4ccccc4)cc3[C@H]3[C@H](CCCCO)[C@@H](CCCCO)C=C(C(=NOCc4ccccc4)C[C@@H]1N(Cc1ccc(F)cc1)C(=O)C=Cc1ccc([N+](=O)[O-])cc1)[C@H]32. The normalized spacial score (nSPS) is 21.3. The number of nitro benzene ring substituents is 1. The van der Waals surface area contributed by atoms with Crippen LogP contribution in [0.15, 0.2) is 163 Å². The van der Waals surface area contributed by atoms with Gasteiger partial charge in [0.25, 0.3) is 5.69 Å². The van der Waals surface area contributed by atoms with Crippen LogP contribution in [0.25, 0.3) is 6.08 Å². The number of nitrogens with zero attached hydrogens (tertiary/aromatic N) is 3. The van der Waals surface area contributed by atoms with Crippen LogP contribution < -0.4 is 14.8 Å². The quantitative estimate of drug-likeness (QED) is 0.0187. The lowest BCUT2D eigenvalue weighted by Crippen LogP contribution is -2.70. The molecule has 5 aromatic carbocycles. The molecule has 3 aliphatic rings. The maximum absolute atomic E-state index is 15.2. The van der Waals surface area contributed by atoms with Gasteiger partial charge in [-0.15, -0.1) is 6.58 Å². The molecule has 14 nitrogen and oxygen atoms in total. The van der Waals surface area contributed by atoms with Crippen LogP contribution in [0.1, 0.15) is 78.7 Å². The number of unbranched alkanes of at least 4 members (excludes halogenated alkanes) is 2. The number of hydrogen-bond acceptors (Lipinski definition) is 11. The van der Waals surface area contributed by atoms with Gasteiger partial charge in [-0.2, -0.15) is 0 Å². The van der Waals surface area contributed by atoms with Gasteiger partial charge in [-0.1, -0.05) is 103 Å². The Labute approximate surface area is 424 Å². The molecule has 2 amide bonds. The molecule has 380 valence electrons. The van der Waals surface area contributed by atoms with Crippen molar-refractivity contribution in [2.24, 2.45) is 22.9 Å². The van der Waals surface area contributed by atoms with Crippen LogP contribution in [0.3, 0.4) is 0 Å². The standard InChI is InChI=1S/C58H61FN4O10/c1-2-33-70-58-53(62(38-42-19-24-45(59)25-20-42)54(66)30-23-40-21-26-46(27-22-40)63(68)69)36-51(61-71-39-43-15-7-4-8-16-43)49-34-44(17-9-11-31-64)48(18-10-12-32-65)55(56(49)58)50-35-47(28-29-52(50)73-58)72-57(67)60-37-41-13-5-3-6-14-41/h2-8,13-16,19-30,34-35,44,48,53,55-56,64-65H,1,9-12,17-18,31-33,36-39H2,(H,60,67)/t44-,48+,53-,55+,56+,58+/m0/s1. The van der Waals surface area contributed by atoms with E-state index >= 15 is 4.79 Å². The molecular weight excluding hydrogens is 932 g/mol. The van der Waals surface area contributed by atoms with Gasteiger partial charge in [0.15, 0.2) is 0 Å². The van der Waals surface area contributed by atoms with Crippen molar-refractivity contribution >= 4 is 29.5 Å². The summed E-state index contributed by atoms with van der Waals surface area (Å²) < 4.78 is 35.0. The zero-order chi connectivity index (χ0) is 51.2. The van der Waals surface area contributed by atoms with E-state index in [1.54, 1.807) is 53.5 Å². The summed E-state index contributed by atoms with van der Waals surface area (Å²) in [6.07, 6.45) is 10.2. The molecule has 8 rings (SSSR count). The number of rotatable bonds is 23. The van der Waals surface area contributed by atoms with Crippen LogP contribution in [0.2, 0.25) is 0 Å². The number of allylic oxidation sites excluding steroid dienone is 1. The number of nitrogens with one attached hydrogen (secondary N) is 1. The molecule has 2 aliphatic carbocycles. The third-order valence-corrected chi connectivity index (χ3v) is 13.8. The highest BCUT2D eigenvalue weighted by molar-refractivity contribution is 6.03. The number of ether oxygens (including phenoxy) is 3. The second-order valence-corrected chi connectivity index (χ2v) is 18.5. The maximum atomic E-state index is 15.2. The average Bonchev–Trinajstić information content (AvgIpc) is 3.41. The number of non-ortho nitro benzene ring substituents is 1. The van der Waals surface area contributed by atoms with E-state index in [-0.39, 0.29) is 69.2 Å². The molecule has 1 saturated carbocycles. The van der Waals surface area contributed by atoms with Gasteiger partial charge in [-0.05, 0) is 114 Å². The predicted molar refractivity (Wildman–Crippen MR) is 275 cm³/mol. The molecule has 1 heterocycles. The number of aliphatic hydroxyl groups is 2. The second kappa shape index (κ2) is 24.8. The lowest BCUT2D eigenvalue weighted by Gasteiger charge is -2.60. The molecule has 1 fully saturated rings. The number of oxime groups is 1. The molecule has 1 aliphatic heterocycles. The summed E-state index contributed by atoms with van der Waals surface area (Å²) in [4.78, 5) is 47.5. The minimum atomic E-state index is -1.65. The van der Waals surface area contributed by atoms with Gasteiger partial charge in [-0.25, -0.2) is 9.18 Å². The Bertz CT molecular complexity index is 2770. The molecule has 0 bridgehead atoms. The van der Waals surface area contributed by atoms with E-state index in [2.05, 4.69) is 18.0 Å². The highest BCUT2D eigenvalue weighted by Gasteiger charge is 2.65. The van der Waals surface area contributed by atoms with Crippen molar-refractivity contribution in [3.05, 3.63) is 202 Å². The minimum absolute atomic E-state index is 0.00469. The number of halogens is 1. The molecule has 0 aromatic heterocycles. The molecular formula is C58H61FN4O10. The molecule has 6 atom stereocenters. The molecule has 0 unspecified atom stereocenters. The van der Waals surface area contributed by atoms with Crippen molar-refractivity contribution in [3.63, 3.8) is 0 Å². The van der Waals surface area contributed by atoms with Crippen molar-refractivity contribution in [2.75, 3.05) is 19.8 Å². The lowest BCUT2D eigenvalue weighted by atomic mass is 9.55. The Hall–Kier alpha value is -7.46. The summed E-state index contributed by atoms with van der Waals surface area (Å²) in [6, 6.07) is 35.2. The fourth-order valence-electron chi connectivity index (χ4n) is 10.5. The van der Waals surface area contributed by atoms with E-state index in [0.717, 1.165) is 35.1 Å². The Morgan fingerprint density at radius 2 is 1.59 bits per heavy atom. The fraction of sp³-hybridized carbons (Fsp3) is 0.328. The molecule has 0 radical (unpaired) electrons. The lowest BCUT2D eigenvalue weighted by molar-refractivity contribution is -0.384. The third-order valence-electron chi connectivity index (χ3n) is 13.8. The topological polar surface area (TPSA) is 182 Å². The first-order valence-electron chi connectivity index (χ1n) is 24.8. The van der Waals surface area contributed by atoms with Crippen LogP contribution in [0, 0.1) is 33.7 Å². The number of carbonyl (C=O) groups is 2. The zero-order valence-electron chi connectivity index (χ0n) is 40.6. The summed E-state index contributed by atoms with van der Waals surface area (Å²) in [7, 11) is 0. The van der Waals surface area contributed by atoms with Crippen molar-refractivity contribution in [2.45, 2.75) is 82.4 Å². The van der Waals surface area contributed by atoms with Gasteiger partial charge < -0.3 is 39.5 Å². The molecule has 3 N–H and O–H groups in total. The van der Waals surface area contributed by atoms with Crippen LogP contribution >= 0.6 is 0 Å². The number of nitro groups is 1. The predicted octanol–water partition coefficient (Wildman–Crippen LogP) is 10.6. The molecule has 73 heavy (non-hydrogen) atoms. The number of amides is 2. The smallest absolute Gasteiger partial charge is 0.412 e. The van der Waals surface area contributed by atoms with E-state index in [9.17, 15) is 29.5 Å². The van der Waals surface area contributed by atoms with Crippen LogP contribution in [0.4, 0.5) is 14.9 Å². The maximum Gasteiger partial charge on any atom is 0.412 e. The number of aliphatic hydroxyl groups excluding tert-OH is 2. The van der Waals surface area contributed by atoms with Crippen LogP contribution in [0.5, 0.6) is 11.5 Å². The van der Waals surface area contributed by atoms with Crippen molar-refractivity contribution in [1.29, 1.82) is 0 Å². The van der Waals surface area contributed by atoms with Crippen molar-refractivity contribution < 1.29 is 48.2 Å². The largest absolute Gasteiger partial charge is 0.459 e. The Morgan fingerprint density at radius 3 is 2.27 bits per heavy atom. The van der Waals surface area contributed by atoms with E-state index in [4.69, 9.17) is 24.2 Å². The van der Waals surface area contributed by atoms with Gasteiger partial charge in [0.05, 0.1) is 23.2 Å². The summed E-state index contributed by atoms with van der Waals surface area (Å²) in [6.45, 7) is 4.46. The van der Waals surface area contributed by atoms with Gasteiger partial charge in [0.1, 0.15) is 30.0 Å². The Morgan fingerprint density at radius 1 is 0.890 bits per heavy atom. The van der Waals surface area contributed by atoms with Gasteiger partial charge in [0, 0.05) is 62.4 Å². The van der Waals surface area contributed by atoms with Gasteiger partial charge in [-0.3, -0.25) is 14.9 Å². The molecule has 5 aromatic rings. The molecule has 0 saturated heterocycles. The van der Waals surface area contributed by atoms with Crippen LogP contribution in [-0.4, -0.2) is 69.4 Å². The first-order chi connectivity index (χ1) is 35.6. The Balaban J connectivity index is 1.30. The third kappa shape index (κ3) is 12.6. The first kappa shape index (κ1) is 51.9. The fourth-order valence-corrected chi connectivity index (χ4v) is 10.5. The number of fused-ring (bicyclic) bond motifs is 2. The zero-order valence-corrected chi connectivity index (χ0v) is 40.6. The summed E-state index contributed by atoms with van der Waals surface area (Å²) in [5, 5.41) is 39.3. The van der Waals surface area contributed by atoms with E-state index < -0.39 is 46.4 Å². The van der Waals surface area contributed by atoms with Gasteiger partial charge >= 0.3 is 6.09 Å². The summed E-state index contributed by atoms with van der Waals surface area (Å²) in [5.41, 5.74) is 4.98. The van der Waals surface area contributed by atoms with Crippen molar-refractivity contribution in [3.8, 4) is 11.5 Å². The molecule has 15 heteroatoms. The second-order valence-electron chi connectivity index (χ2n) is 18.5. The number of carbonyl (C=O) groups excluding carboxylic acids is 2. The van der Waals surface area contributed by atoms with E-state index in [1.165, 1.54) is 30.3 Å². The summed E-state index contributed by atoms with van der Waals surface area (Å²) >= 11 is 0. The number of benzene rings is 5. The summed E-state index contributed by atoms with van der Waals surface area (Å²) in [5.74, 6) is -3.12. The first-order valence-corrected chi connectivity index (χ1v) is 24.8. The Kier molecular flexibility index (Phi) is 17.6. The highest BCUT2D eigenvalue weighted by Crippen LogP contribution is 2.62. The van der Waals surface area contributed by atoms with Gasteiger partial charge in [0.2, 0.25) is 11.7 Å². The number of hydrogen-bond donors (Lipinski definition) is 3.